The Morgan fingerprint density at radius 2 is 1.93 bits per heavy atom. The first-order chi connectivity index (χ1) is 13.4. The van der Waals surface area contributed by atoms with E-state index in [-0.39, 0.29) is 5.54 Å². The van der Waals surface area contributed by atoms with Crippen LogP contribution in [0.25, 0.3) is 16.2 Å². The number of halogens is 1. The zero-order chi connectivity index (χ0) is 19.7. The van der Waals surface area contributed by atoms with Gasteiger partial charge in [0.05, 0.1) is 9.75 Å². The van der Waals surface area contributed by atoms with E-state index in [9.17, 15) is 0 Å². The first kappa shape index (κ1) is 18.5. The van der Waals surface area contributed by atoms with Crippen LogP contribution in [0.3, 0.4) is 0 Å². The standard InChI is InChI=1S/C21H18ClN5S/c1-21(2,3)26-19-17(25-20-18(22)24-12-13-27(19)20)16-10-9-15(28-16)8-7-14-6-4-5-11-23-14/h4-6,9-13,26H,1-3H3. The molecule has 7 heteroatoms. The van der Waals surface area contributed by atoms with Crippen molar-refractivity contribution in [3.05, 3.63) is 64.6 Å². The van der Waals surface area contributed by atoms with Crippen molar-refractivity contribution in [2.24, 2.45) is 0 Å². The van der Waals surface area contributed by atoms with Crippen LogP contribution in [0.5, 0.6) is 0 Å². The Bertz CT molecular complexity index is 1190. The molecule has 0 fully saturated rings. The monoisotopic (exact) mass is 407 g/mol. The molecule has 0 saturated heterocycles. The van der Waals surface area contributed by atoms with Crippen molar-refractivity contribution in [1.29, 1.82) is 0 Å². The minimum absolute atomic E-state index is 0.140. The maximum absolute atomic E-state index is 6.28. The van der Waals surface area contributed by atoms with E-state index >= 15 is 0 Å². The zero-order valence-corrected chi connectivity index (χ0v) is 17.3. The molecule has 0 spiro atoms. The van der Waals surface area contributed by atoms with Gasteiger partial charge in [-0.05, 0) is 56.9 Å². The molecule has 0 radical (unpaired) electrons. The summed E-state index contributed by atoms with van der Waals surface area (Å²) in [5.74, 6) is 7.15. The van der Waals surface area contributed by atoms with Gasteiger partial charge in [-0.3, -0.25) is 4.40 Å². The number of fused-ring (bicyclic) bond motifs is 1. The fourth-order valence-electron chi connectivity index (χ4n) is 2.69. The predicted octanol–water partition coefficient (Wildman–Crippen LogP) is 5.12. The van der Waals surface area contributed by atoms with Gasteiger partial charge in [0.2, 0.25) is 0 Å². The summed E-state index contributed by atoms with van der Waals surface area (Å²) in [4.78, 5) is 15.1. The van der Waals surface area contributed by atoms with E-state index in [0.29, 0.717) is 10.8 Å². The minimum Gasteiger partial charge on any atom is -0.365 e. The number of pyridine rings is 1. The molecule has 0 saturated carbocycles. The molecule has 28 heavy (non-hydrogen) atoms. The number of aromatic nitrogens is 4. The summed E-state index contributed by atoms with van der Waals surface area (Å²) in [6.07, 6.45) is 5.27. The molecule has 1 N–H and O–H groups in total. The second-order valence-electron chi connectivity index (χ2n) is 7.22. The maximum Gasteiger partial charge on any atom is 0.177 e. The van der Waals surface area contributed by atoms with Crippen molar-refractivity contribution in [2.45, 2.75) is 26.3 Å². The number of rotatable bonds is 2. The summed E-state index contributed by atoms with van der Waals surface area (Å²) < 4.78 is 1.94. The minimum atomic E-state index is -0.140. The van der Waals surface area contributed by atoms with E-state index in [1.165, 1.54) is 0 Å². The van der Waals surface area contributed by atoms with Crippen molar-refractivity contribution in [3.8, 4) is 22.4 Å². The Labute approximate surface area is 172 Å². The van der Waals surface area contributed by atoms with Crippen LogP contribution < -0.4 is 5.32 Å². The second-order valence-corrected chi connectivity index (χ2v) is 8.67. The largest absolute Gasteiger partial charge is 0.365 e. The molecule has 0 bridgehead atoms. The van der Waals surface area contributed by atoms with Crippen molar-refractivity contribution in [1.82, 2.24) is 19.4 Å². The molecule has 0 aliphatic heterocycles. The van der Waals surface area contributed by atoms with Crippen LogP contribution >= 0.6 is 22.9 Å². The molecule has 0 aliphatic rings. The van der Waals surface area contributed by atoms with Gasteiger partial charge in [0.25, 0.3) is 0 Å². The summed E-state index contributed by atoms with van der Waals surface area (Å²) in [6.45, 7) is 6.32. The summed E-state index contributed by atoms with van der Waals surface area (Å²) in [5, 5.41) is 3.91. The third-order valence-electron chi connectivity index (χ3n) is 3.81. The number of hydrogen-bond donors (Lipinski definition) is 1. The predicted molar refractivity (Wildman–Crippen MR) is 115 cm³/mol. The van der Waals surface area contributed by atoms with Gasteiger partial charge in [0, 0.05) is 24.1 Å². The van der Waals surface area contributed by atoms with Gasteiger partial charge < -0.3 is 5.32 Å². The van der Waals surface area contributed by atoms with Crippen molar-refractivity contribution < 1.29 is 0 Å². The van der Waals surface area contributed by atoms with Crippen molar-refractivity contribution in [3.63, 3.8) is 0 Å². The number of thiophene rings is 1. The molecule has 0 aromatic carbocycles. The van der Waals surface area contributed by atoms with Gasteiger partial charge in [-0.25, -0.2) is 15.0 Å². The second kappa shape index (κ2) is 7.27. The number of nitrogens with zero attached hydrogens (tertiary/aromatic N) is 4. The maximum atomic E-state index is 6.28. The van der Waals surface area contributed by atoms with Crippen molar-refractivity contribution in [2.75, 3.05) is 5.32 Å². The SMILES string of the molecule is CC(C)(C)Nc1c(-c2ccc(C#Cc3ccccn3)s2)nc2c(Cl)nccn12. The molecule has 4 heterocycles. The Kier molecular flexibility index (Phi) is 4.80. The fourth-order valence-corrected chi connectivity index (χ4v) is 3.73. The van der Waals surface area contributed by atoms with Crippen LogP contribution in [-0.4, -0.2) is 24.9 Å². The molecular formula is C21H18ClN5S. The van der Waals surface area contributed by atoms with Crippen LogP contribution in [0.15, 0.2) is 48.9 Å². The third-order valence-corrected chi connectivity index (χ3v) is 5.08. The summed E-state index contributed by atoms with van der Waals surface area (Å²) >= 11 is 7.86. The summed E-state index contributed by atoms with van der Waals surface area (Å²) in [5.41, 5.74) is 2.07. The average molecular weight is 408 g/mol. The fraction of sp³-hybridized carbons (Fsp3) is 0.190. The molecule has 0 atom stereocenters. The lowest BCUT2D eigenvalue weighted by atomic mass is 10.1. The summed E-state index contributed by atoms with van der Waals surface area (Å²) in [6, 6.07) is 9.73. The lowest BCUT2D eigenvalue weighted by molar-refractivity contribution is 0.629. The van der Waals surface area contributed by atoms with E-state index in [1.54, 1.807) is 23.7 Å². The van der Waals surface area contributed by atoms with Gasteiger partial charge in [-0.2, -0.15) is 0 Å². The highest BCUT2D eigenvalue weighted by Gasteiger charge is 2.21. The molecule has 4 aromatic heterocycles. The van der Waals surface area contributed by atoms with E-state index in [4.69, 9.17) is 16.6 Å². The van der Waals surface area contributed by atoms with Gasteiger partial charge in [-0.1, -0.05) is 17.7 Å². The van der Waals surface area contributed by atoms with E-state index < -0.39 is 0 Å². The number of imidazole rings is 1. The molecule has 5 nitrogen and oxygen atoms in total. The summed E-state index contributed by atoms with van der Waals surface area (Å²) in [7, 11) is 0. The van der Waals surface area contributed by atoms with Crippen molar-refractivity contribution >= 4 is 34.4 Å². The first-order valence-corrected chi connectivity index (χ1v) is 9.94. The van der Waals surface area contributed by atoms with Gasteiger partial charge in [0.1, 0.15) is 17.2 Å². The Morgan fingerprint density at radius 3 is 2.68 bits per heavy atom. The molecular weight excluding hydrogens is 390 g/mol. The molecule has 0 aliphatic carbocycles. The Hall–Kier alpha value is -2.88. The number of anilines is 1. The molecule has 4 aromatic rings. The van der Waals surface area contributed by atoms with E-state index in [0.717, 1.165) is 27.0 Å². The highest BCUT2D eigenvalue weighted by molar-refractivity contribution is 7.16. The van der Waals surface area contributed by atoms with Crippen LogP contribution in [0.4, 0.5) is 5.82 Å². The quantitative estimate of drug-likeness (QED) is 0.469. The zero-order valence-electron chi connectivity index (χ0n) is 15.7. The normalized spacial score (nSPS) is 11.3. The average Bonchev–Trinajstić information content (AvgIpc) is 3.26. The van der Waals surface area contributed by atoms with Crippen LogP contribution in [0.2, 0.25) is 5.15 Å². The highest BCUT2D eigenvalue weighted by atomic mass is 35.5. The molecule has 0 amide bonds. The molecule has 140 valence electrons. The first-order valence-electron chi connectivity index (χ1n) is 8.75. The van der Waals surface area contributed by atoms with Gasteiger partial charge >= 0.3 is 0 Å². The van der Waals surface area contributed by atoms with E-state index in [2.05, 4.69) is 47.9 Å². The van der Waals surface area contributed by atoms with Gasteiger partial charge in [0.15, 0.2) is 10.8 Å². The van der Waals surface area contributed by atoms with E-state index in [1.807, 2.05) is 40.9 Å². The smallest absolute Gasteiger partial charge is 0.177 e. The highest BCUT2D eigenvalue weighted by Crippen LogP contribution is 2.36. The molecule has 0 unspecified atom stereocenters. The van der Waals surface area contributed by atoms with Crippen LogP contribution in [-0.2, 0) is 0 Å². The number of hydrogen-bond acceptors (Lipinski definition) is 5. The number of nitrogens with one attached hydrogen (secondary N) is 1. The Morgan fingerprint density at radius 1 is 1.07 bits per heavy atom. The third kappa shape index (κ3) is 3.86. The lowest BCUT2D eigenvalue weighted by Crippen LogP contribution is -2.27. The topological polar surface area (TPSA) is 55.1 Å². The molecule has 4 rings (SSSR count). The lowest BCUT2D eigenvalue weighted by Gasteiger charge is -2.22. The van der Waals surface area contributed by atoms with Crippen LogP contribution in [0.1, 0.15) is 31.3 Å². The van der Waals surface area contributed by atoms with Crippen LogP contribution in [0, 0.1) is 11.8 Å². The van der Waals surface area contributed by atoms with Gasteiger partial charge in [-0.15, -0.1) is 11.3 Å². The Balaban J connectivity index is 1.77.